The molecule has 26 heavy (non-hydrogen) atoms. The van der Waals surface area contributed by atoms with Gasteiger partial charge in [0.1, 0.15) is 10.4 Å². The van der Waals surface area contributed by atoms with E-state index in [-0.39, 0.29) is 0 Å². The van der Waals surface area contributed by atoms with Gasteiger partial charge in [-0.1, -0.05) is 30.4 Å². The van der Waals surface area contributed by atoms with Crippen LogP contribution in [0, 0.1) is 4.64 Å². The first-order valence-electron chi connectivity index (χ1n) is 8.94. The van der Waals surface area contributed by atoms with Crippen molar-refractivity contribution in [1.29, 1.82) is 0 Å². The highest BCUT2D eigenvalue weighted by Crippen LogP contribution is 2.21. The van der Waals surface area contributed by atoms with Gasteiger partial charge in [0, 0.05) is 31.9 Å². The topological polar surface area (TPSA) is 20.6 Å². The summed E-state index contributed by atoms with van der Waals surface area (Å²) < 4.78 is 8.38. The lowest BCUT2D eigenvalue weighted by molar-refractivity contribution is 0.208. The Morgan fingerprint density at radius 1 is 0.885 bits per heavy atom. The van der Waals surface area contributed by atoms with Crippen LogP contribution in [0.2, 0.25) is 0 Å². The summed E-state index contributed by atoms with van der Waals surface area (Å²) in [4.78, 5) is 4.90. The van der Waals surface area contributed by atoms with Gasteiger partial charge in [-0.05, 0) is 47.9 Å². The van der Waals surface area contributed by atoms with E-state index in [0.29, 0.717) is 0 Å². The summed E-state index contributed by atoms with van der Waals surface area (Å²) in [6.07, 6.45) is 0. The molecule has 1 fully saturated rings. The Morgan fingerprint density at radius 3 is 2.35 bits per heavy atom. The van der Waals surface area contributed by atoms with E-state index < -0.39 is 0 Å². The van der Waals surface area contributed by atoms with Gasteiger partial charge in [0.15, 0.2) is 0 Å². The fourth-order valence-corrected chi connectivity index (χ4v) is 3.75. The number of hydrogen-bond acceptors (Lipinski definition) is 4. The maximum atomic E-state index is 5.59. The summed E-state index contributed by atoms with van der Waals surface area (Å²) in [5.41, 5.74) is 2.46. The molecule has 0 unspecified atom stereocenters. The van der Waals surface area contributed by atoms with E-state index in [1.807, 2.05) is 18.2 Å². The van der Waals surface area contributed by atoms with Crippen LogP contribution >= 0.6 is 12.2 Å². The zero-order valence-electron chi connectivity index (χ0n) is 15.0. The predicted octanol–water partition coefficient (Wildman–Crippen LogP) is 4.16. The zero-order chi connectivity index (χ0) is 17.9. The van der Waals surface area contributed by atoms with Crippen LogP contribution in [0.4, 0.5) is 5.69 Å². The fraction of sp³-hybridized carbons (Fsp3) is 0.286. The highest BCUT2D eigenvalue weighted by Gasteiger charge is 2.18. The largest absolute Gasteiger partial charge is 0.497 e. The third-order valence-corrected chi connectivity index (χ3v) is 5.41. The molecule has 1 aliphatic rings. The lowest BCUT2D eigenvalue weighted by Crippen LogP contribution is -2.46. The number of pyridine rings is 1. The number of ether oxygens (including phenoxy) is 1. The fourth-order valence-electron chi connectivity index (χ4n) is 3.53. The lowest BCUT2D eigenvalue weighted by Gasteiger charge is -2.36. The van der Waals surface area contributed by atoms with Crippen LogP contribution in [-0.4, -0.2) is 42.8 Å². The van der Waals surface area contributed by atoms with Crippen molar-refractivity contribution in [3.05, 3.63) is 65.3 Å². The molecule has 0 aliphatic carbocycles. The molecule has 134 valence electrons. The average Bonchev–Trinajstić information content (AvgIpc) is 2.71. The van der Waals surface area contributed by atoms with Gasteiger partial charge in [0.25, 0.3) is 0 Å². The maximum absolute atomic E-state index is 5.59. The molecule has 0 spiro atoms. The Hall–Kier alpha value is -2.37. The molecule has 1 aromatic heterocycles. The smallest absolute Gasteiger partial charge is 0.119 e. The minimum Gasteiger partial charge on any atom is -0.497 e. The molecule has 4 rings (SSSR count). The maximum Gasteiger partial charge on any atom is 0.119 e. The van der Waals surface area contributed by atoms with Gasteiger partial charge in [-0.2, -0.15) is 0 Å². The summed E-state index contributed by atoms with van der Waals surface area (Å²) in [7, 11) is 1.70. The molecule has 0 N–H and O–H groups in total. The molecular weight excluding hydrogens is 342 g/mol. The molecule has 5 heteroatoms. The van der Waals surface area contributed by atoms with Crippen molar-refractivity contribution in [2.45, 2.75) is 6.67 Å². The first-order valence-corrected chi connectivity index (χ1v) is 9.35. The quantitative estimate of drug-likeness (QED) is 0.647. The molecule has 1 aliphatic heterocycles. The molecule has 0 radical (unpaired) electrons. The van der Waals surface area contributed by atoms with E-state index in [1.54, 1.807) is 7.11 Å². The van der Waals surface area contributed by atoms with Crippen LogP contribution in [-0.2, 0) is 6.67 Å². The van der Waals surface area contributed by atoms with Gasteiger partial charge in [-0.25, -0.2) is 0 Å². The number of methoxy groups -OCH3 is 1. The van der Waals surface area contributed by atoms with Gasteiger partial charge >= 0.3 is 0 Å². The summed E-state index contributed by atoms with van der Waals surface area (Å²) in [5.74, 6) is 0.901. The minimum absolute atomic E-state index is 0.844. The lowest BCUT2D eigenvalue weighted by atomic mass is 10.2. The number of anilines is 1. The molecule has 0 atom stereocenters. The van der Waals surface area contributed by atoms with E-state index >= 15 is 0 Å². The SMILES string of the molecule is COc1ccc(N2CCN(Cn3c(=S)ccc4ccccc43)CC2)cc1. The zero-order valence-corrected chi connectivity index (χ0v) is 15.8. The Kier molecular flexibility index (Phi) is 4.91. The standard InChI is InChI=1S/C21H23N3OS/c1-25-19-9-7-18(8-10-19)23-14-12-22(13-15-23)16-24-20-5-3-2-4-17(20)6-11-21(24)26/h2-11H,12-16H2,1H3. The number of rotatable bonds is 4. The molecule has 0 saturated carbocycles. The number of fused-ring (bicyclic) bond motifs is 1. The van der Waals surface area contributed by atoms with Gasteiger partial charge in [-0.3, -0.25) is 4.90 Å². The van der Waals surface area contributed by atoms with Crippen LogP contribution in [0.25, 0.3) is 10.9 Å². The van der Waals surface area contributed by atoms with Gasteiger partial charge in [-0.15, -0.1) is 0 Å². The third kappa shape index (κ3) is 3.45. The first kappa shape index (κ1) is 17.1. The van der Waals surface area contributed by atoms with Gasteiger partial charge < -0.3 is 14.2 Å². The Bertz CT molecular complexity index is 943. The van der Waals surface area contributed by atoms with Crippen LogP contribution in [0.1, 0.15) is 0 Å². The number of piperazine rings is 1. The summed E-state index contributed by atoms with van der Waals surface area (Å²) in [6.45, 7) is 4.93. The van der Waals surface area contributed by atoms with Crippen molar-refractivity contribution in [3.8, 4) is 5.75 Å². The van der Waals surface area contributed by atoms with Crippen LogP contribution < -0.4 is 9.64 Å². The van der Waals surface area contributed by atoms with Gasteiger partial charge in [0.05, 0.1) is 19.3 Å². The molecule has 2 heterocycles. The monoisotopic (exact) mass is 365 g/mol. The Balaban J connectivity index is 1.46. The van der Waals surface area contributed by atoms with Crippen molar-refractivity contribution < 1.29 is 4.74 Å². The van der Waals surface area contributed by atoms with Crippen LogP contribution in [0.5, 0.6) is 5.75 Å². The number of para-hydroxylation sites is 1. The van der Waals surface area contributed by atoms with Crippen molar-refractivity contribution in [2.75, 3.05) is 38.2 Å². The van der Waals surface area contributed by atoms with E-state index in [2.05, 4.69) is 56.8 Å². The molecule has 4 nitrogen and oxygen atoms in total. The number of aromatic nitrogens is 1. The second-order valence-corrected chi connectivity index (χ2v) is 7.02. The van der Waals surface area contributed by atoms with Crippen molar-refractivity contribution in [3.63, 3.8) is 0 Å². The molecule has 2 aromatic carbocycles. The molecular formula is C21H23N3OS. The second kappa shape index (κ2) is 7.48. The molecule has 0 bridgehead atoms. The van der Waals surface area contributed by atoms with Crippen LogP contribution in [0.3, 0.4) is 0 Å². The predicted molar refractivity (Wildman–Crippen MR) is 110 cm³/mol. The molecule has 0 amide bonds. The number of benzene rings is 2. The number of nitrogens with zero attached hydrogens (tertiary/aromatic N) is 3. The third-order valence-electron chi connectivity index (χ3n) is 5.05. The van der Waals surface area contributed by atoms with Crippen molar-refractivity contribution in [1.82, 2.24) is 9.47 Å². The van der Waals surface area contributed by atoms with E-state index in [1.165, 1.54) is 16.6 Å². The molecule has 3 aromatic rings. The highest BCUT2D eigenvalue weighted by atomic mass is 32.1. The van der Waals surface area contributed by atoms with Gasteiger partial charge in [0.2, 0.25) is 0 Å². The first-order chi connectivity index (χ1) is 12.7. The van der Waals surface area contributed by atoms with E-state index in [9.17, 15) is 0 Å². The average molecular weight is 366 g/mol. The summed E-state index contributed by atoms with van der Waals surface area (Å²) >= 11 is 5.59. The minimum atomic E-state index is 0.844. The Morgan fingerprint density at radius 2 is 1.62 bits per heavy atom. The van der Waals surface area contributed by atoms with Crippen molar-refractivity contribution >= 4 is 28.8 Å². The second-order valence-electron chi connectivity index (χ2n) is 6.60. The van der Waals surface area contributed by atoms with Crippen molar-refractivity contribution in [2.24, 2.45) is 0 Å². The van der Waals surface area contributed by atoms with Crippen LogP contribution in [0.15, 0.2) is 60.7 Å². The van der Waals surface area contributed by atoms with E-state index in [0.717, 1.165) is 43.2 Å². The molecule has 1 saturated heterocycles. The summed E-state index contributed by atoms with van der Waals surface area (Å²) in [6, 6.07) is 20.9. The Labute approximate surface area is 159 Å². The summed E-state index contributed by atoms with van der Waals surface area (Å²) in [5, 5.41) is 1.23. The van der Waals surface area contributed by atoms with E-state index in [4.69, 9.17) is 17.0 Å². The number of hydrogen-bond donors (Lipinski definition) is 0. The highest BCUT2D eigenvalue weighted by molar-refractivity contribution is 7.71. The normalized spacial score (nSPS) is 15.3.